The van der Waals surface area contributed by atoms with Gasteiger partial charge in [0.25, 0.3) is 0 Å². The van der Waals surface area contributed by atoms with E-state index in [4.69, 9.17) is 0 Å². The molecule has 0 saturated heterocycles. The second-order valence-corrected chi connectivity index (χ2v) is 4.60. The molecule has 1 rings (SSSR count). The summed E-state index contributed by atoms with van der Waals surface area (Å²) in [6, 6.07) is 1.84. The Balaban J connectivity index is 2.59. The fraction of sp³-hybridized carbons (Fsp3) is 0.571. The normalized spacial score (nSPS) is 10.8. The van der Waals surface area contributed by atoms with Gasteiger partial charge in [0.05, 0.1) is 0 Å². The number of carbonyl (C=O) groups excluding carboxylic acids is 1. The summed E-state index contributed by atoms with van der Waals surface area (Å²) < 4.78 is 0. The first kappa shape index (κ1) is 12.9. The molecule has 2 nitrogen and oxygen atoms in total. The first-order valence-electron chi connectivity index (χ1n) is 6.11. The van der Waals surface area contributed by atoms with Gasteiger partial charge in [0.2, 0.25) is 0 Å². The number of nitrogens with zero attached hydrogens (tertiary/aromatic N) is 1. The van der Waals surface area contributed by atoms with E-state index in [-0.39, 0.29) is 5.78 Å². The van der Waals surface area contributed by atoms with Gasteiger partial charge < -0.3 is 0 Å². The van der Waals surface area contributed by atoms with Crippen LogP contribution in [0, 0.1) is 5.92 Å². The third-order valence-corrected chi connectivity index (χ3v) is 2.77. The average Bonchev–Trinajstić information content (AvgIpc) is 2.28. The van der Waals surface area contributed by atoms with Crippen LogP contribution in [0.1, 0.15) is 56.0 Å². The zero-order chi connectivity index (χ0) is 12.0. The lowest BCUT2D eigenvalue weighted by Gasteiger charge is -2.07. The zero-order valence-electron chi connectivity index (χ0n) is 10.5. The molecule has 2 heteroatoms. The van der Waals surface area contributed by atoms with Crippen molar-refractivity contribution < 1.29 is 4.79 Å². The van der Waals surface area contributed by atoms with Gasteiger partial charge in [0.1, 0.15) is 0 Å². The Morgan fingerprint density at radius 3 is 2.81 bits per heavy atom. The molecular formula is C14H21NO. The van der Waals surface area contributed by atoms with Gasteiger partial charge in [-0.1, -0.05) is 27.2 Å². The second kappa shape index (κ2) is 6.41. The Morgan fingerprint density at radius 2 is 2.19 bits per heavy atom. The summed E-state index contributed by atoms with van der Waals surface area (Å²) in [5, 5.41) is 0. The first-order valence-corrected chi connectivity index (χ1v) is 6.11. The lowest BCUT2D eigenvalue weighted by molar-refractivity contribution is 0.0977. The monoisotopic (exact) mass is 219 g/mol. The topological polar surface area (TPSA) is 30.0 Å². The molecule has 0 aliphatic carbocycles. The molecule has 0 atom stereocenters. The minimum absolute atomic E-state index is 0.264. The molecule has 0 aliphatic heterocycles. The summed E-state index contributed by atoms with van der Waals surface area (Å²) in [5.41, 5.74) is 1.93. The lowest BCUT2D eigenvalue weighted by Crippen LogP contribution is -2.04. The van der Waals surface area contributed by atoms with Crippen LogP contribution in [0.25, 0.3) is 0 Å². The van der Waals surface area contributed by atoms with E-state index in [0.29, 0.717) is 12.3 Å². The average molecular weight is 219 g/mol. The van der Waals surface area contributed by atoms with Crippen molar-refractivity contribution in [3.8, 4) is 0 Å². The molecule has 1 aromatic heterocycles. The molecule has 1 aromatic rings. The Labute approximate surface area is 98.1 Å². The van der Waals surface area contributed by atoms with Crippen molar-refractivity contribution >= 4 is 5.78 Å². The molecule has 1 heterocycles. The van der Waals surface area contributed by atoms with E-state index in [2.05, 4.69) is 25.8 Å². The van der Waals surface area contributed by atoms with E-state index < -0.39 is 0 Å². The maximum Gasteiger partial charge on any atom is 0.163 e. The molecule has 88 valence electrons. The van der Waals surface area contributed by atoms with E-state index in [1.165, 1.54) is 0 Å². The SMILES string of the molecule is CCc1cnccc1C(=O)CCCC(C)C. The summed E-state index contributed by atoms with van der Waals surface area (Å²) in [7, 11) is 0. The van der Waals surface area contributed by atoms with Crippen molar-refractivity contribution in [2.75, 3.05) is 0 Å². The van der Waals surface area contributed by atoms with E-state index in [1.807, 2.05) is 6.07 Å². The highest BCUT2D eigenvalue weighted by Gasteiger charge is 2.09. The van der Waals surface area contributed by atoms with Gasteiger partial charge >= 0.3 is 0 Å². The third-order valence-electron chi connectivity index (χ3n) is 2.77. The number of rotatable bonds is 6. The van der Waals surface area contributed by atoms with Crippen LogP contribution in [0.4, 0.5) is 0 Å². The van der Waals surface area contributed by atoms with Gasteiger partial charge in [0.15, 0.2) is 5.78 Å². The second-order valence-electron chi connectivity index (χ2n) is 4.60. The number of hydrogen-bond donors (Lipinski definition) is 0. The molecule has 0 radical (unpaired) electrons. The molecule has 0 fully saturated rings. The molecule has 0 aromatic carbocycles. The number of ketones is 1. The van der Waals surface area contributed by atoms with Crippen LogP contribution >= 0.6 is 0 Å². The lowest BCUT2D eigenvalue weighted by atomic mass is 9.98. The molecule has 0 unspecified atom stereocenters. The molecule has 16 heavy (non-hydrogen) atoms. The largest absolute Gasteiger partial charge is 0.294 e. The molecule has 0 aliphatic rings. The zero-order valence-corrected chi connectivity index (χ0v) is 10.5. The van der Waals surface area contributed by atoms with Crippen LogP contribution in [-0.2, 0) is 6.42 Å². The van der Waals surface area contributed by atoms with Gasteiger partial charge in [-0.3, -0.25) is 9.78 Å². The summed E-state index contributed by atoms with van der Waals surface area (Å²) in [4.78, 5) is 16.0. The van der Waals surface area contributed by atoms with Crippen molar-refractivity contribution in [1.82, 2.24) is 4.98 Å². The van der Waals surface area contributed by atoms with Gasteiger partial charge in [-0.05, 0) is 30.4 Å². The molecule has 0 amide bonds. The molecule has 0 bridgehead atoms. The molecular weight excluding hydrogens is 198 g/mol. The smallest absolute Gasteiger partial charge is 0.163 e. The van der Waals surface area contributed by atoms with Crippen LogP contribution in [0.15, 0.2) is 18.5 Å². The summed E-state index contributed by atoms with van der Waals surface area (Å²) >= 11 is 0. The molecule has 0 N–H and O–H groups in total. The predicted molar refractivity (Wildman–Crippen MR) is 66.6 cm³/mol. The van der Waals surface area contributed by atoms with Gasteiger partial charge in [-0.15, -0.1) is 0 Å². The highest BCUT2D eigenvalue weighted by Crippen LogP contribution is 2.14. The number of Topliss-reactive ketones (excluding diaryl/α,β-unsaturated/α-hetero) is 1. The van der Waals surface area contributed by atoms with Crippen molar-refractivity contribution in [1.29, 1.82) is 0 Å². The van der Waals surface area contributed by atoms with Crippen LogP contribution in [0.2, 0.25) is 0 Å². The highest BCUT2D eigenvalue weighted by atomic mass is 16.1. The van der Waals surface area contributed by atoms with E-state index in [1.54, 1.807) is 12.4 Å². The number of carbonyl (C=O) groups is 1. The number of hydrogen-bond acceptors (Lipinski definition) is 2. The van der Waals surface area contributed by atoms with Gasteiger partial charge in [-0.25, -0.2) is 0 Å². The number of pyridine rings is 1. The van der Waals surface area contributed by atoms with E-state index >= 15 is 0 Å². The van der Waals surface area contributed by atoms with Crippen molar-refractivity contribution in [2.45, 2.75) is 46.5 Å². The van der Waals surface area contributed by atoms with Crippen molar-refractivity contribution in [2.24, 2.45) is 5.92 Å². The Kier molecular flexibility index (Phi) is 5.17. The first-order chi connectivity index (χ1) is 7.65. The summed E-state index contributed by atoms with van der Waals surface area (Å²) in [6.07, 6.45) is 7.15. The van der Waals surface area contributed by atoms with Gasteiger partial charge in [-0.2, -0.15) is 0 Å². The standard InChI is InChI=1S/C14H21NO/c1-4-12-10-15-9-8-13(12)14(16)7-5-6-11(2)3/h8-11H,4-7H2,1-3H3. The van der Waals surface area contributed by atoms with Gasteiger partial charge in [0, 0.05) is 24.4 Å². The highest BCUT2D eigenvalue weighted by molar-refractivity contribution is 5.97. The van der Waals surface area contributed by atoms with Crippen LogP contribution in [0.3, 0.4) is 0 Å². The fourth-order valence-electron chi connectivity index (χ4n) is 1.79. The minimum Gasteiger partial charge on any atom is -0.294 e. The van der Waals surface area contributed by atoms with Crippen molar-refractivity contribution in [3.05, 3.63) is 29.6 Å². The Hall–Kier alpha value is -1.18. The third kappa shape index (κ3) is 3.76. The molecule has 0 spiro atoms. The quantitative estimate of drug-likeness (QED) is 0.683. The summed E-state index contributed by atoms with van der Waals surface area (Å²) in [5.74, 6) is 0.941. The Bertz CT molecular complexity index is 344. The van der Waals surface area contributed by atoms with Crippen LogP contribution < -0.4 is 0 Å². The van der Waals surface area contributed by atoms with Crippen LogP contribution in [0.5, 0.6) is 0 Å². The minimum atomic E-state index is 0.264. The molecule has 0 saturated carbocycles. The number of aryl methyl sites for hydroxylation is 1. The van der Waals surface area contributed by atoms with Crippen molar-refractivity contribution in [3.63, 3.8) is 0 Å². The van der Waals surface area contributed by atoms with Crippen LogP contribution in [-0.4, -0.2) is 10.8 Å². The maximum absolute atomic E-state index is 12.0. The number of aromatic nitrogens is 1. The maximum atomic E-state index is 12.0. The Morgan fingerprint density at radius 1 is 1.44 bits per heavy atom. The van der Waals surface area contributed by atoms with E-state index in [9.17, 15) is 4.79 Å². The fourth-order valence-corrected chi connectivity index (χ4v) is 1.79. The van der Waals surface area contributed by atoms with E-state index in [0.717, 1.165) is 30.4 Å². The summed E-state index contributed by atoms with van der Waals surface area (Å²) in [6.45, 7) is 6.44. The predicted octanol–water partition coefficient (Wildman–Crippen LogP) is 3.65.